The Bertz CT molecular complexity index is 1160. The van der Waals surface area contributed by atoms with Crippen molar-refractivity contribution in [1.82, 2.24) is 0 Å². The van der Waals surface area contributed by atoms with E-state index in [-0.39, 0.29) is 12.4 Å². The number of nitrogens with zero attached hydrogens (tertiary/aromatic N) is 2. The third-order valence-electron chi connectivity index (χ3n) is 4.94. The molecule has 1 aliphatic carbocycles. The van der Waals surface area contributed by atoms with E-state index in [1.807, 2.05) is 27.1 Å². The highest BCUT2D eigenvalue weighted by atomic mass is 35.5. The zero-order chi connectivity index (χ0) is 19.7. The quantitative estimate of drug-likeness (QED) is 0.371. The van der Waals surface area contributed by atoms with Crippen LogP contribution in [0, 0.1) is 0 Å². The fourth-order valence-electron chi connectivity index (χ4n) is 3.50. The first-order valence-corrected chi connectivity index (χ1v) is 9.98. The van der Waals surface area contributed by atoms with Crippen molar-refractivity contribution in [2.24, 2.45) is 4.99 Å². The monoisotopic (exact) mass is 425 g/mol. The number of benzene rings is 3. The number of hydrogen-bond donors (Lipinski definition) is 0. The van der Waals surface area contributed by atoms with Crippen LogP contribution in [-0.2, 0) is 5.88 Å². The van der Waals surface area contributed by atoms with Crippen LogP contribution in [0.15, 0.2) is 70.1 Å². The summed E-state index contributed by atoms with van der Waals surface area (Å²) in [5, 5.41) is 2.03. The molecular formula is C24H23Cl2N2O-. The molecule has 0 unspecified atom stereocenters. The minimum absolute atomic E-state index is 0. The second kappa shape index (κ2) is 8.89. The molecule has 0 fully saturated rings. The van der Waals surface area contributed by atoms with Crippen LogP contribution in [0.1, 0.15) is 12.5 Å². The van der Waals surface area contributed by atoms with E-state index in [1.165, 1.54) is 5.56 Å². The number of hydrogen-bond acceptors (Lipinski definition) is 3. The number of alkyl halides is 1. The van der Waals surface area contributed by atoms with Crippen molar-refractivity contribution in [1.29, 1.82) is 0 Å². The van der Waals surface area contributed by atoms with Gasteiger partial charge in [-0.15, -0.1) is 11.6 Å². The molecule has 0 atom stereocenters. The van der Waals surface area contributed by atoms with Gasteiger partial charge in [-0.05, 0) is 42.3 Å². The van der Waals surface area contributed by atoms with Crippen molar-refractivity contribution >= 4 is 28.3 Å². The summed E-state index contributed by atoms with van der Waals surface area (Å²) in [5.41, 5.74) is 6.48. The number of anilines is 1. The van der Waals surface area contributed by atoms with Gasteiger partial charge in [0, 0.05) is 60.9 Å². The van der Waals surface area contributed by atoms with Crippen molar-refractivity contribution in [3.63, 3.8) is 0 Å². The van der Waals surface area contributed by atoms with Gasteiger partial charge in [-0.1, -0.05) is 24.3 Å². The van der Waals surface area contributed by atoms with Crippen molar-refractivity contribution < 1.29 is 16.8 Å². The molecule has 1 aliphatic heterocycles. The Kier molecular flexibility index (Phi) is 6.51. The first kappa shape index (κ1) is 21.2. The van der Waals surface area contributed by atoms with Crippen LogP contribution in [0.2, 0.25) is 0 Å². The van der Waals surface area contributed by atoms with Gasteiger partial charge in [0.05, 0.1) is 5.36 Å². The first-order valence-electron chi connectivity index (χ1n) is 9.44. The molecule has 5 heteroatoms. The normalized spacial score (nSPS) is 11.7. The summed E-state index contributed by atoms with van der Waals surface area (Å²) >= 11 is 5.98. The van der Waals surface area contributed by atoms with Gasteiger partial charge < -0.3 is 21.7 Å². The van der Waals surface area contributed by atoms with Gasteiger partial charge in [0.15, 0.2) is 0 Å². The fourth-order valence-corrected chi connectivity index (χ4v) is 3.68. The Morgan fingerprint density at radius 1 is 0.966 bits per heavy atom. The Hall–Kier alpha value is -2.49. The zero-order valence-electron chi connectivity index (χ0n) is 16.7. The van der Waals surface area contributed by atoms with Crippen molar-refractivity contribution in [3.8, 4) is 22.5 Å². The van der Waals surface area contributed by atoms with Crippen LogP contribution in [0.5, 0.6) is 0 Å². The van der Waals surface area contributed by atoms with Crippen molar-refractivity contribution in [2.45, 2.75) is 12.8 Å². The average Bonchev–Trinajstić information content (AvgIpc) is 2.72. The molecule has 0 spiro atoms. The molecule has 0 aromatic heterocycles. The van der Waals surface area contributed by atoms with Crippen LogP contribution in [-0.4, -0.2) is 20.6 Å². The molecule has 2 aromatic carbocycles. The topological polar surface area (TPSA) is 28.7 Å². The molecule has 2 aliphatic rings. The Labute approximate surface area is 182 Å². The molecule has 29 heavy (non-hydrogen) atoms. The molecule has 0 radical (unpaired) electrons. The third-order valence-corrected chi connectivity index (χ3v) is 5.25. The highest BCUT2D eigenvalue weighted by Gasteiger charge is 2.17. The lowest BCUT2D eigenvalue weighted by atomic mass is 9.93. The Morgan fingerprint density at radius 2 is 1.72 bits per heavy atom. The van der Waals surface area contributed by atoms with Crippen LogP contribution in [0.3, 0.4) is 0 Å². The van der Waals surface area contributed by atoms with E-state index in [4.69, 9.17) is 16.0 Å². The van der Waals surface area contributed by atoms with Crippen LogP contribution in [0.4, 0.5) is 5.69 Å². The summed E-state index contributed by atoms with van der Waals surface area (Å²) in [4.78, 5) is 6.61. The van der Waals surface area contributed by atoms with Gasteiger partial charge in [-0.2, -0.15) is 0 Å². The predicted octanol–water partition coefficient (Wildman–Crippen LogP) is 2.93. The molecule has 2 aromatic rings. The number of fused-ring (bicyclic) bond motifs is 2. The summed E-state index contributed by atoms with van der Waals surface area (Å²) in [5.74, 6) is 1.36. The molecule has 3 nitrogen and oxygen atoms in total. The molecule has 0 N–H and O–H groups in total. The van der Waals surface area contributed by atoms with Crippen molar-refractivity contribution in [2.75, 3.05) is 25.5 Å². The smallest absolute Gasteiger partial charge is 0.137 e. The SMILES string of the molecule is CCN=c1ccc2c(-c3ccc(CCl)cc3)c3ccc(N(C)C)cc3oc-2c1.[Cl-]. The second-order valence-corrected chi connectivity index (χ2v) is 7.30. The van der Waals surface area contributed by atoms with E-state index in [2.05, 4.69) is 64.5 Å². The number of rotatable bonds is 4. The van der Waals surface area contributed by atoms with Gasteiger partial charge in [-0.3, -0.25) is 4.99 Å². The Balaban J connectivity index is 0.00000240. The maximum Gasteiger partial charge on any atom is 0.137 e. The van der Waals surface area contributed by atoms with Crippen LogP contribution >= 0.6 is 11.6 Å². The van der Waals surface area contributed by atoms with Crippen LogP contribution < -0.4 is 22.7 Å². The minimum atomic E-state index is 0. The van der Waals surface area contributed by atoms with Crippen LogP contribution in [0.25, 0.3) is 33.4 Å². The lowest BCUT2D eigenvalue weighted by molar-refractivity contribution is -0.00000610. The van der Waals surface area contributed by atoms with E-state index < -0.39 is 0 Å². The van der Waals surface area contributed by atoms with Gasteiger partial charge >= 0.3 is 0 Å². The summed E-state index contributed by atoms with van der Waals surface area (Å²) in [6.07, 6.45) is 0. The third kappa shape index (κ3) is 4.12. The fraction of sp³-hybridized carbons (Fsp3) is 0.208. The van der Waals surface area contributed by atoms with Crippen molar-refractivity contribution in [3.05, 3.63) is 71.6 Å². The van der Waals surface area contributed by atoms with E-state index in [0.717, 1.165) is 51.0 Å². The molecule has 4 rings (SSSR count). The summed E-state index contributed by atoms with van der Waals surface area (Å²) in [6.45, 7) is 2.78. The highest BCUT2D eigenvalue weighted by Crippen LogP contribution is 2.40. The van der Waals surface area contributed by atoms with E-state index >= 15 is 0 Å². The lowest BCUT2D eigenvalue weighted by Gasteiger charge is -2.18. The standard InChI is InChI=1S/C24H23ClN2O.ClH/c1-4-26-18-9-11-20-22(13-18)28-23-14-19(27(2)3)10-12-21(23)24(20)17-7-5-16(15-25)6-8-17;/h5-14H,4,15H2,1-3H3;1H/p-1. The van der Waals surface area contributed by atoms with Gasteiger partial charge in [0.2, 0.25) is 0 Å². The zero-order valence-corrected chi connectivity index (χ0v) is 18.3. The van der Waals surface area contributed by atoms with Gasteiger partial charge in [0.25, 0.3) is 0 Å². The Morgan fingerprint density at radius 3 is 2.38 bits per heavy atom. The summed E-state index contributed by atoms with van der Waals surface area (Å²) < 4.78 is 6.32. The molecule has 0 bridgehead atoms. The first-order chi connectivity index (χ1) is 13.6. The van der Waals surface area contributed by atoms with Gasteiger partial charge in [-0.25, -0.2) is 0 Å². The van der Waals surface area contributed by atoms with E-state index in [9.17, 15) is 0 Å². The van der Waals surface area contributed by atoms with Gasteiger partial charge in [0.1, 0.15) is 11.3 Å². The number of halogens is 2. The molecule has 0 amide bonds. The van der Waals surface area contributed by atoms with E-state index in [1.54, 1.807) is 0 Å². The molecule has 1 heterocycles. The molecule has 0 saturated heterocycles. The highest BCUT2D eigenvalue weighted by molar-refractivity contribution is 6.17. The maximum absolute atomic E-state index is 6.32. The lowest BCUT2D eigenvalue weighted by Crippen LogP contribution is -3.00. The minimum Gasteiger partial charge on any atom is -1.00 e. The summed E-state index contributed by atoms with van der Waals surface area (Å²) in [6, 6.07) is 21.0. The maximum atomic E-state index is 6.32. The second-order valence-electron chi connectivity index (χ2n) is 7.04. The van der Waals surface area contributed by atoms with E-state index in [0.29, 0.717) is 5.88 Å². The largest absolute Gasteiger partial charge is 1.00 e. The predicted molar refractivity (Wildman–Crippen MR) is 118 cm³/mol. The summed E-state index contributed by atoms with van der Waals surface area (Å²) in [7, 11) is 4.07. The molecule has 150 valence electrons. The molecular weight excluding hydrogens is 403 g/mol. The molecule has 0 saturated carbocycles. The average molecular weight is 426 g/mol.